The van der Waals surface area contributed by atoms with Gasteiger partial charge in [0.15, 0.2) is 0 Å². The van der Waals surface area contributed by atoms with Gasteiger partial charge in [0.1, 0.15) is 6.04 Å². The highest BCUT2D eigenvalue weighted by Crippen LogP contribution is 2.14. The maximum Gasteiger partial charge on any atom is 0.251 e. The number of hydrogen-bond acceptors (Lipinski definition) is 3. The van der Waals surface area contributed by atoms with Crippen LogP contribution >= 0.6 is 0 Å². The molecule has 3 amide bonds. The molecular formula is C25H31N3O3. The van der Waals surface area contributed by atoms with Gasteiger partial charge in [-0.05, 0) is 37.0 Å². The van der Waals surface area contributed by atoms with E-state index in [4.69, 9.17) is 0 Å². The summed E-state index contributed by atoms with van der Waals surface area (Å²) >= 11 is 0. The number of nitrogens with one attached hydrogen (secondary N) is 2. The molecular weight excluding hydrogens is 390 g/mol. The molecule has 1 aliphatic rings. The highest BCUT2D eigenvalue weighted by molar-refractivity contribution is 5.97. The molecule has 0 spiro atoms. The van der Waals surface area contributed by atoms with Crippen LogP contribution < -0.4 is 10.6 Å². The van der Waals surface area contributed by atoms with Crippen LogP contribution in [0.15, 0.2) is 60.7 Å². The zero-order valence-electron chi connectivity index (χ0n) is 18.0. The van der Waals surface area contributed by atoms with Crippen LogP contribution in [-0.4, -0.2) is 47.8 Å². The highest BCUT2D eigenvalue weighted by atomic mass is 16.2. The lowest BCUT2D eigenvalue weighted by Gasteiger charge is -2.35. The van der Waals surface area contributed by atoms with Crippen molar-refractivity contribution < 1.29 is 14.4 Å². The summed E-state index contributed by atoms with van der Waals surface area (Å²) in [6, 6.07) is 17.9. The molecule has 3 rings (SSSR count). The molecule has 0 radical (unpaired) electrons. The molecule has 6 nitrogen and oxygen atoms in total. The standard InChI is InChI=1S/C25H31N3O3/c1-2-10-23(29)26-21-15-9-16-28(18-21)25(31)22(17-19-11-5-3-6-12-19)27-24(30)20-13-7-4-8-14-20/h3-8,11-14,21-22H,2,9-10,15-18H2,1H3,(H,26,29)(H,27,30). The summed E-state index contributed by atoms with van der Waals surface area (Å²) in [5, 5.41) is 5.98. The second kappa shape index (κ2) is 11.3. The number of piperidine rings is 1. The van der Waals surface area contributed by atoms with Gasteiger partial charge in [-0.2, -0.15) is 0 Å². The fourth-order valence-electron chi connectivity index (χ4n) is 3.92. The van der Waals surface area contributed by atoms with Crippen molar-refractivity contribution in [3.8, 4) is 0 Å². The average molecular weight is 422 g/mol. The molecule has 2 aromatic carbocycles. The van der Waals surface area contributed by atoms with E-state index in [1.165, 1.54) is 0 Å². The topological polar surface area (TPSA) is 78.5 Å². The number of nitrogens with zero attached hydrogens (tertiary/aromatic N) is 1. The molecule has 2 N–H and O–H groups in total. The molecule has 2 aromatic rings. The van der Waals surface area contributed by atoms with Gasteiger partial charge in [-0.3, -0.25) is 14.4 Å². The lowest BCUT2D eigenvalue weighted by atomic mass is 10.0. The fourth-order valence-corrected chi connectivity index (χ4v) is 3.92. The van der Waals surface area contributed by atoms with E-state index >= 15 is 0 Å². The molecule has 1 aliphatic heterocycles. The van der Waals surface area contributed by atoms with E-state index in [0.29, 0.717) is 31.5 Å². The van der Waals surface area contributed by atoms with Crippen LogP contribution in [0.1, 0.15) is 48.5 Å². The summed E-state index contributed by atoms with van der Waals surface area (Å²) < 4.78 is 0. The third-order valence-electron chi connectivity index (χ3n) is 5.50. The third-order valence-corrected chi connectivity index (χ3v) is 5.50. The number of carbonyl (C=O) groups is 3. The number of amides is 3. The second-order valence-corrected chi connectivity index (χ2v) is 8.02. The van der Waals surface area contributed by atoms with Crippen molar-refractivity contribution in [3.05, 3.63) is 71.8 Å². The highest BCUT2D eigenvalue weighted by Gasteiger charge is 2.30. The van der Waals surface area contributed by atoms with Crippen LogP contribution in [0, 0.1) is 0 Å². The quantitative estimate of drug-likeness (QED) is 0.688. The summed E-state index contributed by atoms with van der Waals surface area (Å²) in [5.74, 6) is -0.345. The molecule has 1 saturated heterocycles. The lowest BCUT2D eigenvalue weighted by molar-refractivity contribution is -0.135. The first-order valence-electron chi connectivity index (χ1n) is 11.0. The molecule has 0 aromatic heterocycles. The van der Waals surface area contributed by atoms with E-state index in [9.17, 15) is 14.4 Å². The van der Waals surface area contributed by atoms with E-state index in [2.05, 4.69) is 10.6 Å². The molecule has 0 bridgehead atoms. The molecule has 1 fully saturated rings. The fraction of sp³-hybridized carbons (Fsp3) is 0.400. The van der Waals surface area contributed by atoms with Gasteiger partial charge in [0.05, 0.1) is 0 Å². The number of hydrogen-bond donors (Lipinski definition) is 2. The van der Waals surface area contributed by atoms with Gasteiger partial charge < -0.3 is 15.5 Å². The SMILES string of the molecule is CCCC(=O)NC1CCCN(C(=O)C(Cc2ccccc2)NC(=O)c2ccccc2)C1. The lowest BCUT2D eigenvalue weighted by Crippen LogP contribution is -2.55. The number of benzene rings is 2. The first-order chi connectivity index (χ1) is 15.1. The van der Waals surface area contributed by atoms with Crippen molar-refractivity contribution >= 4 is 17.7 Å². The molecule has 0 aliphatic carbocycles. The summed E-state index contributed by atoms with van der Waals surface area (Å²) in [6.45, 7) is 3.08. The minimum absolute atomic E-state index is 0.0278. The largest absolute Gasteiger partial charge is 0.352 e. The average Bonchev–Trinajstić information content (AvgIpc) is 2.79. The van der Waals surface area contributed by atoms with Crippen LogP contribution in [0.4, 0.5) is 0 Å². The Morgan fingerprint density at radius 1 is 1.03 bits per heavy atom. The Hall–Kier alpha value is -3.15. The van der Waals surface area contributed by atoms with Crippen LogP contribution in [-0.2, 0) is 16.0 Å². The van der Waals surface area contributed by atoms with Gasteiger partial charge in [0.25, 0.3) is 5.91 Å². The second-order valence-electron chi connectivity index (χ2n) is 8.02. The van der Waals surface area contributed by atoms with E-state index in [1.54, 1.807) is 29.2 Å². The Bertz CT molecular complexity index is 870. The van der Waals surface area contributed by atoms with Gasteiger partial charge >= 0.3 is 0 Å². The zero-order chi connectivity index (χ0) is 22.1. The van der Waals surface area contributed by atoms with Crippen LogP contribution in [0.25, 0.3) is 0 Å². The molecule has 0 saturated carbocycles. The maximum absolute atomic E-state index is 13.4. The third kappa shape index (κ3) is 6.67. The van der Waals surface area contributed by atoms with Crippen molar-refractivity contribution in [1.82, 2.24) is 15.5 Å². The van der Waals surface area contributed by atoms with E-state index in [-0.39, 0.29) is 23.8 Å². The molecule has 164 valence electrons. The summed E-state index contributed by atoms with van der Waals surface area (Å²) in [6.07, 6.45) is 3.40. The molecule has 1 heterocycles. The minimum atomic E-state index is -0.666. The Balaban J connectivity index is 1.71. The zero-order valence-corrected chi connectivity index (χ0v) is 18.0. The van der Waals surface area contributed by atoms with Crippen LogP contribution in [0.5, 0.6) is 0 Å². The molecule has 2 unspecified atom stereocenters. The van der Waals surface area contributed by atoms with Crippen molar-refractivity contribution in [2.75, 3.05) is 13.1 Å². The Morgan fingerprint density at radius 2 is 1.71 bits per heavy atom. The van der Waals surface area contributed by atoms with Crippen molar-refractivity contribution in [2.24, 2.45) is 0 Å². The first kappa shape index (κ1) is 22.5. The van der Waals surface area contributed by atoms with Crippen LogP contribution in [0.3, 0.4) is 0 Å². The van der Waals surface area contributed by atoms with Gasteiger partial charge in [0, 0.05) is 37.5 Å². The van der Waals surface area contributed by atoms with Crippen molar-refractivity contribution in [1.29, 1.82) is 0 Å². The van der Waals surface area contributed by atoms with Crippen LogP contribution in [0.2, 0.25) is 0 Å². The molecule has 2 atom stereocenters. The van der Waals surface area contributed by atoms with E-state index in [1.807, 2.05) is 43.3 Å². The first-order valence-corrected chi connectivity index (χ1v) is 11.0. The smallest absolute Gasteiger partial charge is 0.251 e. The van der Waals surface area contributed by atoms with Crippen molar-refractivity contribution in [3.63, 3.8) is 0 Å². The van der Waals surface area contributed by atoms with Gasteiger partial charge in [0.2, 0.25) is 11.8 Å². The Morgan fingerprint density at radius 3 is 2.39 bits per heavy atom. The van der Waals surface area contributed by atoms with Gasteiger partial charge in [-0.1, -0.05) is 55.5 Å². The van der Waals surface area contributed by atoms with Crippen molar-refractivity contribution in [2.45, 2.75) is 51.1 Å². The number of carbonyl (C=O) groups excluding carboxylic acids is 3. The number of likely N-dealkylation sites (tertiary alicyclic amines) is 1. The Kier molecular flexibility index (Phi) is 8.21. The summed E-state index contributed by atoms with van der Waals surface area (Å²) in [4.78, 5) is 40.0. The summed E-state index contributed by atoms with van der Waals surface area (Å²) in [7, 11) is 0. The monoisotopic (exact) mass is 421 g/mol. The van der Waals surface area contributed by atoms with E-state index < -0.39 is 6.04 Å². The predicted octanol–water partition coefficient (Wildman–Crippen LogP) is 2.94. The maximum atomic E-state index is 13.4. The normalized spacial score (nSPS) is 16.9. The molecule has 6 heteroatoms. The van der Waals surface area contributed by atoms with Gasteiger partial charge in [-0.15, -0.1) is 0 Å². The Labute approximate surface area is 184 Å². The predicted molar refractivity (Wildman–Crippen MR) is 120 cm³/mol. The van der Waals surface area contributed by atoms with Gasteiger partial charge in [-0.25, -0.2) is 0 Å². The minimum Gasteiger partial charge on any atom is -0.352 e. The van der Waals surface area contributed by atoms with E-state index in [0.717, 1.165) is 24.8 Å². The number of rotatable bonds is 8. The molecule has 31 heavy (non-hydrogen) atoms. The summed E-state index contributed by atoms with van der Waals surface area (Å²) in [5.41, 5.74) is 1.51.